The molecule has 0 amide bonds. The fourth-order valence-electron chi connectivity index (χ4n) is 1.27. The van der Waals surface area contributed by atoms with Crippen LogP contribution in [-0.4, -0.2) is 0 Å². The van der Waals surface area contributed by atoms with Crippen molar-refractivity contribution in [3.63, 3.8) is 0 Å². The van der Waals surface area contributed by atoms with Crippen molar-refractivity contribution in [3.8, 4) is 0 Å². The van der Waals surface area contributed by atoms with E-state index in [0.717, 1.165) is 5.39 Å². The number of benzene rings is 1. The zero-order valence-electron chi connectivity index (χ0n) is 6.86. The van der Waals surface area contributed by atoms with Gasteiger partial charge in [0, 0.05) is 11.5 Å². The molecule has 0 saturated carbocycles. The minimum Gasteiger partial charge on any atom is -0.423 e. The lowest BCUT2D eigenvalue weighted by molar-refractivity contribution is 0.560. The molecule has 0 spiro atoms. The van der Waals surface area contributed by atoms with E-state index in [2.05, 4.69) is 0 Å². The molecule has 1 radical (unpaired) electrons. The van der Waals surface area contributed by atoms with Crippen LogP contribution in [0.3, 0.4) is 0 Å². The maximum Gasteiger partial charge on any atom is 0.336 e. The topological polar surface area (TPSA) is 56.2 Å². The zero-order chi connectivity index (χ0) is 9.26. The molecule has 3 nitrogen and oxygen atoms in total. The summed E-state index contributed by atoms with van der Waals surface area (Å²) in [7, 11) is 0. The predicted molar refractivity (Wildman–Crippen MR) is 50.1 cm³/mol. The fourth-order valence-corrected chi connectivity index (χ4v) is 1.27. The highest BCUT2D eigenvalue weighted by Gasteiger charge is 2.02. The Labute approximate surface area is 74.8 Å². The van der Waals surface area contributed by atoms with Gasteiger partial charge < -0.3 is 10.2 Å². The molecule has 0 aliphatic rings. The van der Waals surface area contributed by atoms with E-state index < -0.39 is 0 Å². The third-order valence-electron chi connectivity index (χ3n) is 1.86. The first-order valence-corrected chi connectivity index (χ1v) is 3.89. The third-order valence-corrected chi connectivity index (χ3v) is 1.86. The molecule has 65 valence electrons. The molecule has 2 aromatic rings. The Morgan fingerprint density at radius 3 is 2.85 bits per heavy atom. The Bertz CT molecular complexity index is 487. The van der Waals surface area contributed by atoms with Crippen LogP contribution < -0.4 is 11.4 Å². The van der Waals surface area contributed by atoms with Crippen LogP contribution in [0.4, 0.5) is 0 Å². The number of hydrogen-bond donors (Lipinski definition) is 1. The molecule has 0 unspecified atom stereocenters. The van der Waals surface area contributed by atoms with Crippen LogP contribution in [0.1, 0.15) is 5.56 Å². The first-order valence-electron chi connectivity index (χ1n) is 3.89. The molecule has 0 aliphatic carbocycles. The highest BCUT2D eigenvalue weighted by Crippen LogP contribution is 2.15. The van der Waals surface area contributed by atoms with E-state index in [-0.39, 0.29) is 5.63 Å². The van der Waals surface area contributed by atoms with Crippen molar-refractivity contribution in [1.29, 1.82) is 0 Å². The van der Waals surface area contributed by atoms with E-state index in [1.54, 1.807) is 6.07 Å². The summed E-state index contributed by atoms with van der Waals surface area (Å²) in [4.78, 5) is 11.0. The molecule has 0 aliphatic heterocycles. The summed E-state index contributed by atoms with van der Waals surface area (Å²) in [6.07, 6.45) is 0. The molecule has 2 rings (SSSR count). The van der Waals surface area contributed by atoms with E-state index in [1.807, 2.05) is 18.2 Å². The average Bonchev–Trinajstić information content (AvgIpc) is 2.16. The molecule has 2 N–H and O–H groups in total. The summed E-state index contributed by atoms with van der Waals surface area (Å²) in [5, 5.41) is 0.851. The van der Waals surface area contributed by atoms with Crippen LogP contribution in [-0.2, 0) is 0 Å². The van der Waals surface area contributed by atoms with Crippen LogP contribution in [0.2, 0.25) is 0 Å². The smallest absolute Gasteiger partial charge is 0.336 e. The van der Waals surface area contributed by atoms with Crippen LogP contribution >= 0.6 is 0 Å². The normalized spacial score (nSPS) is 10.5. The first kappa shape index (κ1) is 8.01. The third kappa shape index (κ3) is 1.34. The van der Waals surface area contributed by atoms with E-state index in [9.17, 15) is 4.79 Å². The summed E-state index contributed by atoms with van der Waals surface area (Å²) in [5.74, 6) is 0. The van der Waals surface area contributed by atoms with Gasteiger partial charge >= 0.3 is 5.63 Å². The van der Waals surface area contributed by atoms with Gasteiger partial charge in [-0.2, -0.15) is 0 Å². The van der Waals surface area contributed by atoms with Gasteiger partial charge in [0.2, 0.25) is 0 Å². The molecule has 3 heteroatoms. The van der Waals surface area contributed by atoms with Crippen molar-refractivity contribution in [2.45, 2.75) is 0 Å². The Balaban J connectivity index is 2.89. The van der Waals surface area contributed by atoms with E-state index in [0.29, 0.717) is 11.1 Å². The van der Waals surface area contributed by atoms with Gasteiger partial charge in [-0.15, -0.1) is 0 Å². The van der Waals surface area contributed by atoms with Gasteiger partial charge in [-0.1, -0.05) is 18.2 Å². The van der Waals surface area contributed by atoms with Crippen molar-refractivity contribution in [2.24, 2.45) is 5.73 Å². The van der Waals surface area contributed by atoms with Gasteiger partial charge in [0.1, 0.15) is 5.58 Å². The minimum atomic E-state index is -0.379. The SMILES string of the molecule is N[CH]c1cc(=O)oc2ccccc12. The Hall–Kier alpha value is -1.61. The Kier molecular flexibility index (Phi) is 1.87. The summed E-state index contributed by atoms with van der Waals surface area (Å²) in [6.45, 7) is 1.40. The van der Waals surface area contributed by atoms with Crippen LogP contribution in [0.5, 0.6) is 0 Å². The lowest BCUT2D eigenvalue weighted by Crippen LogP contribution is -2.02. The van der Waals surface area contributed by atoms with Crippen LogP contribution in [0.15, 0.2) is 39.5 Å². The number of fused-ring (bicyclic) bond motifs is 1. The van der Waals surface area contributed by atoms with E-state index in [4.69, 9.17) is 10.2 Å². The first-order chi connectivity index (χ1) is 6.31. The lowest BCUT2D eigenvalue weighted by Gasteiger charge is -2.00. The van der Waals surface area contributed by atoms with Crippen molar-refractivity contribution in [2.75, 3.05) is 0 Å². The molecule has 0 saturated heterocycles. The molecule has 1 aromatic heterocycles. The molecule has 1 aromatic carbocycles. The monoisotopic (exact) mass is 174 g/mol. The molecule has 0 fully saturated rings. The van der Waals surface area contributed by atoms with Crippen LogP contribution in [0, 0.1) is 6.54 Å². The lowest BCUT2D eigenvalue weighted by atomic mass is 10.1. The highest BCUT2D eigenvalue weighted by molar-refractivity contribution is 5.81. The van der Waals surface area contributed by atoms with Gasteiger partial charge in [0.05, 0.1) is 6.54 Å². The Morgan fingerprint density at radius 1 is 1.31 bits per heavy atom. The van der Waals surface area contributed by atoms with Crippen molar-refractivity contribution < 1.29 is 4.42 Å². The number of hydrogen-bond acceptors (Lipinski definition) is 3. The maximum absolute atomic E-state index is 11.0. The van der Waals surface area contributed by atoms with Gasteiger partial charge in [-0.25, -0.2) is 4.79 Å². The highest BCUT2D eigenvalue weighted by atomic mass is 16.4. The van der Waals surface area contributed by atoms with Crippen LogP contribution in [0.25, 0.3) is 11.0 Å². The number of rotatable bonds is 1. The second-order valence-corrected chi connectivity index (χ2v) is 2.68. The van der Waals surface area contributed by atoms with E-state index >= 15 is 0 Å². The Morgan fingerprint density at radius 2 is 2.08 bits per heavy atom. The number of nitrogens with two attached hydrogens (primary N) is 1. The molecule has 13 heavy (non-hydrogen) atoms. The number of para-hydroxylation sites is 1. The average molecular weight is 174 g/mol. The van der Waals surface area contributed by atoms with Gasteiger partial charge in [-0.3, -0.25) is 0 Å². The molecular weight excluding hydrogens is 166 g/mol. The van der Waals surface area contributed by atoms with Crippen molar-refractivity contribution >= 4 is 11.0 Å². The second-order valence-electron chi connectivity index (χ2n) is 2.68. The summed E-state index contributed by atoms with van der Waals surface area (Å²) in [6, 6.07) is 8.66. The summed E-state index contributed by atoms with van der Waals surface area (Å²) < 4.78 is 4.97. The largest absolute Gasteiger partial charge is 0.423 e. The quantitative estimate of drug-likeness (QED) is 0.662. The maximum atomic E-state index is 11.0. The molecule has 0 bridgehead atoms. The molecular formula is C10H8NO2. The van der Waals surface area contributed by atoms with E-state index in [1.165, 1.54) is 12.6 Å². The fraction of sp³-hybridized carbons (Fsp3) is 0. The molecule has 1 heterocycles. The van der Waals surface area contributed by atoms with Gasteiger partial charge in [0.15, 0.2) is 0 Å². The van der Waals surface area contributed by atoms with Gasteiger partial charge in [-0.05, 0) is 11.6 Å². The van der Waals surface area contributed by atoms with Gasteiger partial charge in [0.25, 0.3) is 0 Å². The summed E-state index contributed by atoms with van der Waals surface area (Å²) in [5.41, 5.74) is 6.26. The summed E-state index contributed by atoms with van der Waals surface area (Å²) >= 11 is 0. The zero-order valence-corrected chi connectivity index (χ0v) is 6.86. The van der Waals surface area contributed by atoms with Crippen molar-refractivity contribution in [1.82, 2.24) is 0 Å². The second kappa shape index (κ2) is 3.03. The standard InChI is InChI=1S/C10H8NO2/c11-6-7-5-10(12)13-9-4-2-1-3-8(7)9/h1-6H,11H2. The minimum absolute atomic E-state index is 0.379. The van der Waals surface area contributed by atoms with Crippen molar-refractivity contribution in [3.05, 3.63) is 52.9 Å². The molecule has 0 atom stereocenters. The predicted octanol–water partition coefficient (Wildman–Crippen LogP) is 1.26.